The van der Waals surface area contributed by atoms with Gasteiger partial charge in [0.1, 0.15) is 0 Å². The van der Waals surface area contributed by atoms with Crippen molar-refractivity contribution in [2.75, 3.05) is 0 Å². The Hall–Kier alpha value is -1.04. The minimum atomic E-state index is 0.286. The van der Waals surface area contributed by atoms with E-state index in [1.54, 1.807) is 0 Å². The second kappa shape index (κ2) is 3.23. The molecule has 0 aliphatic heterocycles. The molecule has 0 saturated carbocycles. The van der Waals surface area contributed by atoms with Crippen molar-refractivity contribution in [2.45, 2.75) is 34.6 Å². The van der Waals surface area contributed by atoms with Crippen molar-refractivity contribution in [1.82, 2.24) is 0 Å². The second-order valence-electron chi connectivity index (χ2n) is 5.49. The van der Waals surface area contributed by atoms with Crippen molar-refractivity contribution < 1.29 is 0 Å². The van der Waals surface area contributed by atoms with E-state index in [2.05, 4.69) is 58.9 Å². The highest BCUT2D eigenvalue weighted by atomic mass is 14.3. The molecule has 0 amide bonds. The summed E-state index contributed by atoms with van der Waals surface area (Å²) < 4.78 is 0. The lowest BCUT2D eigenvalue weighted by Gasteiger charge is -2.29. The molecule has 1 atom stereocenters. The van der Waals surface area contributed by atoms with Crippen LogP contribution in [0.25, 0.3) is 12.2 Å². The van der Waals surface area contributed by atoms with Gasteiger partial charge in [-0.15, -0.1) is 0 Å². The number of fused-ring (bicyclic) bond motifs is 1. The summed E-state index contributed by atoms with van der Waals surface area (Å²) in [6.07, 6.45) is 4.82. The molecule has 0 radical (unpaired) electrons. The van der Waals surface area contributed by atoms with Crippen LogP contribution in [-0.4, -0.2) is 0 Å². The molecule has 1 aliphatic carbocycles. The Bertz CT molecular complexity index is 504. The number of rotatable bonds is 0. The molecule has 0 saturated heterocycles. The SMILES string of the molecule is Cc1cc2c(cc1C)=CC(C)(C)C(C)C=2. The molecule has 15 heavy (non-hydrogen) atoms. The second-order valence-corrected chi connectivity index (χ2v) is 5.49. The van der Waals surface area contributed by atoms with Crippen molar-refractivity contribution in [3.8, 4) is 0 Å². The van der Waals surface area contributed by atoms with Crippen LogP contribution < -0.4 is 10.4 Å². The smallest absolute Gasteiger partial charge is 0.0105 e. The Labute approximate surface area is 92.3 Å². The molecule has 0 nitrogen and oxygen atoms in total. The van der Waals surface area contributed by atoms with E-state index < -0.39 is 0 Å². The molecule has 0 bridgehead atoms. The molecular formula is C15H20. The third-order valence-electron chi connectivity index (χ3n) is 3.83. The molecule has 0 aromatic heterocycles. The van der Waals surface area contributed by atoms with E-state index >= 15 is 0 Å². The van der Waals surface area contributed by atoms with Crippen LogP contribution in [-0.2, 0) is 0 Å². The molecule has 0 heteroatoms. The van der Waals surface area contributed by atoms with Gasteiger partial charge in [0.15, 0.2) is 0 Å². The molecule has 1 aromatic rings. The summed E-state index contributed by atoms with van der Waals surface area (Å²) in [5.74, 6) is 0.618. The van der Waals surface area contributed by atoms with Gasteiger partial charge in [-0.05, 0) is 46.7 Å². The standard InChI is InChI=1S/C15H20/c1-10-6-13-8-12(3)15(4,5)9-14(13)7-11(10)2/h6-9,12H,1-5H3. The first-order chi connectivity index (χ1) is 6.90. The quantitative estimate of drug-likeness (QED) is 0.604. The maximum absolute atomic E-state index is 2.42. The van der Waals surface area contributed by atoms with Crippen LogP contribution in [0.3, 0.4) is 0 Å². The van der Waals surface area contributed by atoms with E-state index in [1.165, 1.54) is 21.6 Å². The maximum atomic E-state index is 2.42. The largest absolute Gasteiger partial charge is 0.0730 e. The van der Waals surface area contributed by atoms with E-state index in [1.807, 2.05) is 0 Å². The van der Waals surface area contributed by atoms with Gasteiger partial charge in [-0.1, -0.05) is 45.1 Å². The van der Waals surface area contributed by atoms with Crippen LogP contribution in [0.15, 0.2) is 12.1 Å². The van der Waals surface area contributed by atoms with Gasteiger partial charge in [0, 0.05) is 0 Å². The Balaban J connectivity index is 2.77. The monoisotopic (exact) mass is 200 g/mol. The average Bonchev–Trinajstić information content (AvgIpc) is 2.11. The summed E-state index contributed by atoms with van der Waals surface area (Å²) in [7, 11) is 0. The van der Waals surface area contributed by atoms with E-state index in [0.29, 0.717) is 5.92 Å². The molecule has 80 valence electrons. The summed E-state index contributed by atoms with van der Waals surface area (Å²) in [5, 5.41) is 2.81. The Morgan fingerprint density at radius 2 is 1.53 bits per heavy atom. The van der Waals surface area contributed by atoms with E-state index in [4.69, 9.17) is 0 Å². The summed E-state index contributed by atoms with van der Waals surface area (Å²) in [6.45, 7) is 11.3. The first kappa shape index (κ1) is 10.5. The van der Waals surface area contributed by atoms with Gasteiger partial charge in [-0.3, -0.25) is 0 Å². The molecule has 1 unspecified atom stereocenters. The van der Waals surface area contributed by atoms with Crippen LogP contribution >= 0.6 is 0 Å². The highest BCUT2D eigenvalue weighted by Crippen LogP contribution is 2.30. The lowest BCUT2D eigenvalue weighted by molar-refractivity contribution is 0.411. The highest BCUT2D eigenvalue weighted by molar-refractivity contribution is 5.47. The zero-order valence-corrected chi connectivity index (χ0v) is 10.4. The Morgan fingerprint density at radius 1 is 1.00 bits per heavy atom. The predicted molar refractivity (Wildman–Crippen MR) is 67.0 cm³/mol. The Kier molecular flexibility index (Phi) is 2.26. The van der Waals surface area contributed by atoms with Gasteiger partial charge in [0.25, 0.3) is 0 Å². The molecule has 1 aromatic carbocycles. The van der Waals surface area contributed by atoms with Gasteiger partial charge in [-0.2, -0.15) is 0 Å². The molecule has 0 spiro atoms. The third-order valence-corrected chi connectivity index (χ3v) is 3.83. The van der Waals surface area contributed by atoms with E-state index in [0.717, 1.165) is 0 Å². The first-order valence-electron chi connectivity index (χ1n) is 5.72. The van der Waals surface area contributed by atoms with Gasteiger partial charge in [0.05, 0.1) is 0 Å². The molecule has 0 heterocycles. The first-order valence-corrected chi connectivity index (χ1v) is 5.72. The zero-order valence-electron chi connectivity index (χ0n) is 10.4. The molecule has 2 rings (SSSR count). The van der Waals surface area contributed by atoms with Crippen LogP contribution in [0.5, 0.6) is 0 Å². The van der Waals surface area contributed by atoms with E-state index in [-0.39, 0.29) is 5.41 Å². The van der Waals surface area contributed by atoms with Gasteiger partial charge in [0.2, 0.25) is 0 Å². The summed E-state index contributed by atoms with van der Waals surface area (Å²) >= 11 is 0. The lowest BCUT2D eigenvalue weighted by atomic mass is 9.76. The number of benzene rings is 1. The number of hydrogen-bond acceptors (Lipinski definition) is 0. The van der Waals surface area contributed by atoms with Crippen molar-refractivity contribution in [3.05, 3.63) is 33.7 Å². The molecular weight excluding hydrogens is 180 g/mol. The van der Waals surface area contributed by atoms with Gasteiger partial charge >= 0.3 is 0 Å². The lowest BCUT2D eigenvalue weighted by Crippen LogP contribution is -2.36. The van der Waals surface area contributed by atoms with E-state index in [9.17, 15) is 0 Å². The molecule has 0 N–H and O–H groups in total. The normalized spacial score (nSPS) is 22.6. The summed E-state index contributed by atoms with van der Waals surface area (Å²) in [6, 6.07) is 4.63. The molecule has 1 aliphatic rings. The summed E-state index contributed by atoms with van der Waals surface area (Å²) in [5.41, 5.74) is 3.07. The molecule has 0 fully saturated rings. The van der Waals surface area contributed by atoms with Crippen molar-refractivity contribution in [2.24, 2.45) is 11.3 Å². The van der Waals surface area contributed by atoms with Crippen LogP contribution in [0.4, 0.5) is 0 Å². The van der Waals surface area contributed by atoms with Gasteiger partial charge in [-0.25, -0.2) is 0 Å². The highest BCUT2D eigenvalue weighted by Gasteiger charge is 2.23. The number of hydrogen-bond donors (Lipinski definition) is 0. The van der Waals surface area contributed by atoms with Crippen molar-refractivity contribution in [3.63, 3.8) is 0 Å². The summed E-state index contributed by atoms with van der Waals surface area (Å²) in [4.78, 5) is 0. The minimum absolute atomic E-state index is 0.286. The fourth-order valence-corrected chi connectivity index (χ4v) is 2.15. The topological polar surface area (TPSA) is 0 Å². The van der Waals surface area contributed by atoms with Crippen molar-refractivity contribution in [1.29, 1.82) is 0 Å². The maximum Gasteiger partial charge on any atom is -0.0105 e. The zero-order chi connectivity index (χ0) is 11.2. The van der Waals surface area contributed by atoms with Crippen LogP contribution in [0, 0.1) is 25.2 Å². The average molecular weight is 200 g/mol. The van der Waals surface area contributed by atoms with Crippen LogP contribution in [0.1, 0.15) is 31.9 Å². The fourth-order valence-electron chi connectivity index (χ4n) is 2.15. The predicted octanol–water partition coefficient (Wildman–Crippen LogP) is 2.54. The van der Waals surface area contributed by atoms with Gasteiger partial charge < -0.3 is 0 Å². The minimum Gasteiger partial charge on any atom is -0.0730 e. The number of aryl methyl sites for hydroxylation is 2. The Morgan fingerprint density at radius 3 is 2.13 bits per heavy atom. The fraction of sp³-hybridized carbons (Fsp3) is 0.467. The van der Waals surface area contributed by atoms with Crippen LogP contribution in [0.2, 0.25) is 0 Å². The third kappa shape index (κ3) is 1.73. The van der Waals surface area contributed by atoms with Crippen molar-refractivity contribution >= 4 is 12.2 Å².